The zero-order valence-corrected chi connectivity index (χ0v) is 19.8. The lowest BCUT2D eigenvalue weighted by Gasteiger charge is -2.26. The van der Waals surface area contributed by atoms with E-state index in [0.29, 0.717) is 30.4 Å². The first-order valence-electron chi connectivity index (χ1n) is 12.0. The number of rotatable bonds is 8. The number of morpholine rings is 1. The highest BCUT2D eigenvalue weighted by Gasteiger charge is 2.24. The third-order valence-corrected chi connectivity index (χ3v) is 6.16. The van der Waals surface area contributed by atoms with Gasteiger partial charge in [-0.05, 0) is 36.8 Å². The molecule has 0 saturated carbocycles. The summed E-state index contributed by atoms with van der Waals surface area (Å²) in [6.07, 6.45) is 3.45. The predicted molar refractivity (Wildman–Crippen MR) is 133 cm³/mol. The van der Waals surface area contributed by atoms with Crippen LogP contribution in [0.25, 0.3) is 10.9 Å². The molecule has 0 atom stereocenters. The molecule has 0 spiro atoms. The van der Waals surface area contributed by atoms with Crippen LogP contribution in [0.4, 0.5) is 10.5 Å². The topological polar surface area (TPSA) is 94.2 Å². The van der Waals surface area contributed by atoms with Gasteiger partial charge in [-0.25, -0.2) is 4.79 Å². The van der Waals surface area contributed by atoms with Crippen molar-refractivity contribution in [3.63, 3.8) is 0 Å². The SMILES string of the molecule is CNC(=O)Nc1ccc(Oc2ccnc3cc(OCCCN4CCOCC4)c4c(c23)CCO4)cc1. The summed E-state index contributed by atoms with van der Waals surface area (Å²) in [5, 5.41) is 6.21. The molecule has 2 aliphatic heterocycles. The molecule has 3 aromatic rings. The van der Waals surface area contributed by atoms with Gasteiger partial charge in [0.05, 0.1) is 37.3 Å². The van der Waals surface area contributed by atoms with Crippen molar-refractivity contribution in [3.8, 4) is 23.0 Å². The Morgan fingerprint density at radius 2 is 1.94 bits per heavy atom. The maximum atomic E-state index is 11.5. The van der Waals surface area contributed by atoms with Crippen LogP contribution in [0.3, 0.4) is 0 Å². The number of anilines is 1. The van der Waals surface area contributed by atoms with Crippen LogP contribution in [0, 0.1) is 0 Å². The standard InChI is InChI=1S/C26H30N4O5/c1-27-26(31)29-18-3-5-19(6-4-18)35-22-7-9-28-21-17-23(25-20(24(21)22)8-14-34-25)33-13-2-10-30-11-15-32-16-12-30/h3-7,9,17H,2,8,10-16H2,1H3,(H2,27,29,31). The minimum atomic E-state index is -0.270. The molecule has 9 heteroatoms. The number of fused-ring (bicyclic) bond motifs is 3. The van der Waals surface area contributed by atoms with Crippen molar-refractivity contribution < 1.29 is 23.7 Å². The van der Waals surface area contributed by atoms with Crippen LogP contribution in [0.15, 0.2) is 42.6 Å². The van der Waals surface area contributed by atoms with E-state index in [1.807, 2.05) is 24.3 Å². The summed E-state index contributed by atoms with van der Waals surface area (Å²) in [5.41, 5.74) is 2.56. The number of benzene rings is 2. The second-order valence-corrected chi connectivity index (χ2v) is 8.47. The van der Waals surface area contributed by atoms with E-state index in [4.69, 9.17) is 18.9 Å². The molecule has 1 aromatic heterocycles. The van der Waals surface area contributed by atoms with Crippen molar-refractivity contribution in [1.82, 2.24) is 15.2 Å². The second kappa shape index (κ2) is 10.8. The maximum Gasteiger partial charge on any atom is 0.318 e. The summed E-state index contributed by atoms with van der Waals surface area (Å²) >= 11 is 0. The van der Waals surface area contributed by atoms with Gasteiger partial charge in [0, 0.05) is 56.6 Å². The van der Waals surface area contributed by atoms with Gasteiger partial charge in [0.1, 0.15) is 11.5 Å². The molecule has 2 aliphatic rings. The number of ether oxygens (including phenoxy) is 4. The molecule has 1 saturated heterocycles. The highest BCUT2D eigenvalue weighted by Crippen LogP contribution is 2.44. The third kappa shape index (κ3) is 5.41. The van der Waals surface area contributed by atoms with E-state index in [-0.39, 0.29) is 6.03 Å². The number of urea groups is 1. The first-order valence-corrected chi connectivity index (χ1v) is 12.0. The molecule has 5 rings (SSSR count). The Morgan fingerprint density at radius 1 is 1.11 bits per heavy atom. The van der Waals surface area contributed by atoms with E-state index < -0.39 is 0 Å². The van der Waals surface area contributed by atoms with Gasteiger partial charge in [-0.1, -0.05) is 0 Å². The number of aromatic nitrogens is 1. The molecule has 0 unspecified atom stereocenters. The number of pyridine rings is 1. The average molecular weight is 479 g/mol. The van der Waals surface area contributed by atoms with Crippen molar-refractivity contribution in [2.45, 2.75) is 12.8 Å². The van der Waals surface area contributed by atoms with Crippen molar-refractivity contribution in [1.29, 1.82) is 0 Å². The molecule has 3 heterocycles. The van der Waals surface area contributed by atoms with Crippen LogP contribution in [-0.2, 0) is 11.2 Å². The Morgan fingerprint density at radius 3 is 2.74 bits per heavy atom. The number of nitrogens with one attached hydrogen (secondary N) is 2. The van der Waals surface area contributed by atoms with Crippen LogP contribution in [-0.4, -0.2) is 69.0 Å². The highest BCUT2D eigenvalue weighted by molar-refractivity contribution is 5.93. The predicted octanol–water partition coefficient (Wildman–Crippen LogP) is 3.81. The molecule has 0 aliphatic carbocycles. The summed E-state index contributed by atoms with van der Waals surface area (Å²) in [6.45, 7) is 5.79. The second-order valence-electron chi connectivity index (χ2n) is 8.47. The zero-order valence-electron chi connectivity index (χ0n) is 19.8. The quantitative estimate of drug-likeness (QED) is 0.476. The molecule has 0 radical (unpaired) electrons. The average Bonchev–Trinajstić information content (AvgIpc) is 3.38. The first kappa shape index (κ1) is 23.2. The van der Waals surface area contributed by atoms with Gasteiger partial charge in [0.25, 0.3) is 0 Å². The minimum Gasteiger partial charge on any atom is -0.490 e. The Bertz CT molecular complexity index is 1180. The van der Waals surface area contributed by atoms with Crippen LogP contribution < -0.4 is 24.8 Å². The molecular formula is C26H30N4O5. The Balaban J connectivity index is 1.31. The Kier molecular flexibility index (Phi) is 7.15. The molecular weight excluding hydrogens is 448 g/mol. The summed E-state index contributed by atoms with van der Waals surface area (Å²) in [7, 11) is 1.57. The van der Waals surface area contributed by atoms with Crippen molar-refractivity contribution in [2.24, 2.45) is 0 Å². The van der Waals surface area contributed by atoms with Gasteiger partial charge in [-0.2, -0.15) is 0 Å². The van der Waals surface area contributed by atoms with Crippen molar-refractivity contribution >= 4 is 22.6 Å². The molecule has 2 aromatic carbocycles. The van der Waals surface area contributed by atoms with Crippen molar-refractivity contribution in [2.75, 3.05) is 58.4 Å². The summed E-state index contributed by atoms with van der Waals surface area (Å²) in [4.78, 5) is 18.5. The van der Waals surface area contributed by atoms with Crippen LogP contribution in [0.5, 0.6) is 23.0 Å². The van der Waals surface area contributed by atoms with E-state index in [2.05, 4.69) is 20.5 Å². The van der Waals surface area contributed by atoms with E-state index in [1.54, 1.807) is 25.4 Å². The fourth-order valence-corrected chi connectivity index (χ4v) is 4.39. The fourth-order valence-electron chi connectivity index (χ4n) is 4.39. The van der Waals surface area contributed by atoms with Gasteiger partial charge in [-0.3, -0.25) is 9.88 Å². The van der Waals surface area contributed by atoms with Gasteiger partial charge >= 0.3 is 6.03 Å². The molecule has 1 fully saturated rings. The Hall–Kier alpha value is -3.56. The molecule has 2 amide bonds. The Labute approximate surface area is 204 Å². The monoisotopic (exact) mass is 478 g/mol. The fraction of sp³-hybridized carbons (Fsp3) is 0.385. The number of hydrogen-bond acceptors (Lipinski definition) is 7. The molecule has 35 heavy (non-hydrogen) atoms. The summed E-state index contributed by atoms with van der Waals surface area (Å²) in [5.74, 6) is 2.90. The lowest BCUT2D eigenvalue weighted by Crippen LogP contribution is -2.37. The van der Waals surface area contributed by atoms with Gasteiger partial charge in [0.2, 0.25) is 0 Å². The van der Waals surface area contributed by atoms with E-state index in [9.17, 15) is 4.79 Å². The normalized spacial score (nSPS) is 15.3. The van der Waals surface area contributed by atoms with Gasteiger partial charge < -0.3 is 29.6 Å². The van der Waals surface area contributed by atoms with E-state index >= 15 is 0 Å². The molecule has 2 N–H and O–H groups in total. The number of nitrogens with zero attached hydrogens (tertiary/aromatic N) is 2. The van der Waals surface area contributed by atoms with Crippen LogP contribution in [0.1, 0.15) is 12.0 Å². The number of amides is 2. The molecule has 184 valence electrons. The summed E-state index contributed by atoms with van der Waals surface area (Å²) < 4.78 is 23.8. The zero-order chi connectivity index (χ0) is 24.0. The van der Waals surface area contributed by atoms with E-state index in [0.717, 1.165) is 73.7 Å². The van der Waals surface area contributed by atoms with Crippen LogP contribution in [0.2, 0.25) is 0 Å². The largest absolute Gasteiger partial charge is 0.490 e. The van der Waals surface area contributed by atoms with E-state index in [1.165, 1.54) is 0 Å². The number of hydrogen-bond donors (Lipinski definition) is 2. The van der Waals surface area contributed by atoms with Gasteiger partial charge in [-0.15, -0.1) is 0 Å². The highest BCUT2D eigenvalue weighted by atomic mass is 16.5. The minimum absolute atomic E-state index is 0.270. The third-order valence-electron chi connectivity index (χ3n) is 6.16. The number of carbonyl (C=O) groups excluding carboxylic acids is 1. The van der Waals surface area contributed by atoms with Gasteiger partial charge in [0.15, 0.2) is 11.5 Å². The molecule has 0 bridgehead atoms. The lowest BCUT2D eigenvalue weighted by molar-refractivity contribution is 0.0357. The van der Waals surface area contributed by atoms with Crippen molar-refractivity contribution in [3.05, 3.63) is 48.2 Å². The smallest absolute Gasteiger partial charge is 0.318 e. The number of carbonyl (C=O) groups is 1. The lowest BCUT2D eigenvalue weighted by atomic mass is 10.0. The van der Waals surface area contributed by atoms with Crippen LogP contribution >= 0.6 is 0 Å². The maximum absolute atomic E-state index is 11.5. The summed E-state index contributed by atoms with van der Waals surface area (Å²) in [6, 6.07) is 10.8. The first-order chi connectivity index (χ1) is 17.2. The molecule has 9 nitrogen and oxygen atoms in total.